The maximum absolute atomic E-state index is 13.4. The molecule has 3 heterocycles. The predicted molar refractivity (Wildman–Crippen MR) is 113 cm³/mol. The first-order chi connectivity index (χ1) is 14.0. The Hall–Kier alpha value is -3.19. The zero-order chi connectivity index (χ0) is 20.5. The molecule has 7 heteroatoms. The average Bonchev–Trinajstić information content (AvgIpc) is 3.37. The molecule has 0 saturated heterocycles. The van der Waals surface area contributed by atoms with Crippen molar-refractivity contribution in [2.45, 2.75) is 33.2 Å². The number of aromatic carboxylic acids is 1. The van der Waals surface area contributed by atoms with Crippen LogP contribution in [-0.4, -0.2) is 20.6 Å². The molecule has 4 aromatic rings. The van der Waals surface area contributed by atoms with E-state index >= 15 is 0 Å². The number of hydrogen-bond acceptors (Lipinski definition) is 5. The van der Waals surface area contributed by atoms with Crippen molar-refractivity contribution in [3.63, 3.8) is 0 Å². The Labute approximate surface area is 171 Å². The summed E-state index contributed by atoms with van der Waals surface area (Å²) in [6, 6.07) is 11.2. The van der Waals surface area contributed by atoms with E-state index < -0.39 is 5.97 Å². The molecule has 29 heavy (non-hydrogen) atoms. The number of furan rings is 1. The Morgan fingerprint density at radius 3 is 2.52 bits per heavy atom. The van der Waals surface area contributed by atoms with Crippen LogP contribution in [0.3, 0.4) is 0 Å². The smallest absolute Gasteiger partial charge is 0.371 e. The molecule has 0 radical (unpaired) electrons. The molecular formula is C22H20N2O4S. The maximum atomic E-state index is 13.4. The molecule has 3 aromatic heterocycles. The first kappa shape index (κ1) is 19.1. The zero-order valence-electron chi connectivity index (χ0n) is 16.1. The van der Waals surface area contributed by atoms with Gasteiger partial charge in [0.25, 0.3) is 5.56 Å². The zero-order valence-corrected chi connectivity index (χ0v) is 17.0. The van der Waals surface area contributed by atoms with Crippen LogP contribution in [-0.2, 0) is 19.4 Å². The number of nitrogens with zero attached hydrogens (tertiary/aromatic N) is 2. The maximum Gasteiger partial charge on any atom is 0.371 e. The lowest BCUT2D eigenvalue weighted by Crippen LogP contribution is -2.25. The number of hydrogen-bond donors (Lipinski definition) is 1. The molecule has 1 N–H and O–H groups in total. The lowest BCUT2D eigenvalue weighted by molar-refractivity contribution is 0.0660. The van der Waals surface area contributed by atoms with E-state index in [0.717, 1.165) is 17.5 Å². The molecule has 148 valence electrons. The molecule has 0 spiro atoms. The third-order valence-electron chi connectivity index (χ3n) is 4.95. The standard InChI is InChI=1S/C22H20N2O4S/c1-3-13-5-7-14(8-6-13)16-12-29-20-19(16)21(25)24(18(4-2)23-20)11-15-9-10-17(28-15)22(26)27/h5-10,12H,3-4,11H2,1-2H3,(H,26,27). The fourth-order valence-electron chi connectivity index (χ4n) is 3.37. The number of carboxylic acid groups (broad SMARTS) is 1. The van der Waals surface area contributed by atoms with E-state index in [4.69, 9.17) is 14.5 Å². The van der Waals surface area contributed by atoms with Crippen molar-refractivity contribution in [3.05, 3.63) is 75.0 Å². The SMILES string of the molecule is CCc1ccc(-c2csc3nc(CC)n(Cc4ccc(C(=O)O)o4)c(=O)c23)cc1. The average molecular weight is 408 g/mol. The van der Waals surface area contributed by atoms with Crippen LogP contribution in [0, 0.1) is 0 Å². The first-order valence-corrected chi connectivity index (χ1v) is 10.3. The Morgan fingerprint density at radius 2 is 1.90 bits per heavy atom. The van der Waals surface area contributed by atoms with Crippen LogP contribution in [0.2, 0.25) is 0 Å². The van der Waals surface area contributed by atoms with E-state index in [1.54, 1.807) is 10.6 Å². The van der Waals surface area contributed by atoms with Crippen molar-refractivity contribution in [3.8, 4) is 11.1 Å². The van der Waals surface area contributed by atoms with Crippen LogP contribution in [0.15, 0.2) is 51.0 Å². The van der Waals surface area contributed by atoms with Gasteiger partial charge in [-0.2, -0.15) is 0 Å². The topological polar surface area (TPSA) is 85.3 Å². The van der Waals surface area contributed by atoms with Crippen molar-refractivity contribution >= 4 is 27.5 Å². The minimum absolute atomic E-state index is 0.141. The fraction of sp³-hybridized carbons (Fsp3) is 0.227. The third kappa shape index (κ3) is 3.49. The van der Waals surface area contributed by atoms with Gasteiger partial charge in [-0.05, 0) is 29.7 Å². The lowest BCUT2D eigenvalue weighted by atomic mass is 10.0. The van der Waals surface area contributed by atoms with Gasteiger partial charge < -0.3 is 9.52 Å². The predicted octanol–water partition coefficient (Wildman–Crippen LogP) is 4.59. The number of carbonyl (C=O) groups is 1. The highest BCUT2D eigenvalue weighted by Crippen LogP contribution is 2.31. The van der Waals surface area contributed by atoms with Crippen molar-refractivity contribution in [1.82, 2.24) is 9.55 Å². The third-order valence-corrected chi connectivity index (χ3v) is 5.82. The summed E-state index contributed by atoms with van der Waals surface area (Å²) >= 11 is 1.46. The highest BCUT2D eigenvalue weighted by atomic mass is 32.1. The quantitative estimate of drug-likeness (QED) is 0.504. The molecule has 0 aliphatic rings. The van der Waals surface area contributed by atoms with Gasteiger partial charge in [0, 0.05) is 17.4 Å². The van der Waals surface area contributed by atoms with Crippen LogP contribution in [0.25, 0.3) is 21.3 Å². The van der Waals surface area contributed by atoms with Crippen LogP contribution in [0.4, 0.5) is 0 Å². The summed E-state index contributed by atoms with van der Waals surface area (Å²) < 4.78 is 6.93. The molecule has 0 aliphatic carbocycles. The summed E-state index contributed by atoms with van der Waals surface area (Å²) in [4.78, 5) is 29.9. The number of carboxylic acids is 1. The van der Waals surface area contributed by atoms with E-state index in [1.807, 2.05) is 24.4 Å². The van der Waals surface area contributed by atoms with E-state index in [0.29, 0.717) is 28.2 Å². The highest BCUT2D eigenvalue weighted by molar-refractivity contribution is 7.17. The van der Waals surface area contributed by atoms with Gasteiger partial charge in [0.1, 0.15) is 16.4 Å². The van der Waals surface area contributed by atoms with Gasteiger partial charge in [0.05, 0.1) is 11.9 Å². The van der Waals surface area contributed by atoms with Gasteiger partial charge in [0.15, 0.2) is 0 Å². The molecule has 0 unspecified atom stereocenters. The molecule has 0 aliphatic heterocycles. The van der Waals surface area contributed by atoms with E-state index in [9.17, 15) is 9.59 Å². The molecular weight excluding hydrogens is 388 g/mol. The van der Waals surface area contributed by atoms with Crippen LogP contribution in [0.1, 0.15) is 41.6 Å². The molecule has 0 bridgehead atoms. The number of aromatic nitrogens is 2. The van der Waals surface area contributed by atoms with Crippen LogP contribution < -0.4 is 5.56 Å². The Kier molecular flexibility index (Phi) is 5.07. The van der Waals surface area contributed by atoms with Crippen molar-refractivity contribution in [1.29, 1.82) is 0 Å². The van der Waals surface area contributed by atoms with E-state index in [-0.39, 0.29) is 17.9 Å². The highest BCUT2D eigenvalue weighted by Gasteiger charge is 2.18. The van der Waals surface area contributed by atoms with Gasteiger partial charge in [-0.25, -0.2) is 9.78 Å². The van der Waals surface area contributed by atoms with E-state index in [2.05, 4.69) is 19.1 Å². The van der Waals surface area contributed by atoms with Crippen molar-refractivity contribution in [2.24, 2.45) is 0 Å². The summed E-state index contributed by atoms with van der Waals surface area (Å²) in [6.07, 6.45) is 1.54. The number of fused-ring (bicyclic) bond motifs is 1. The van der Waals surface area contributed by atoms with Gasteiger partial charge in [-0.15, -0.1) is 11.3 Å². The minimum Gasteiger partial charge on any atom is -0.475 e. The monoisotopic (exact) mass is 408 g/mol. The number of thiophene rings is 1. The number of rotatable bonds is 6. The molecule has 4 rings (SSSR count). The molecule has 1 aromatic carbocycles. The Bertz CT molecular complexity index is 1250. The second kappa shape index (κ2) is 7.67. The van der Waals surface area contributed by atoms with Crippen LogP contribution in [0.5, 0.6) is 0 Å². The number of benzene rings is 1. The summed E-state index contributed by atoms with van der Waals surface area (Å²) in [5.41, 5.74) is 2.95. The Balaban J connectivity index is 1.84. The van der Waals surface area contributed by atoms with Gasteiger partial charge >= 0.3 is 5.97 Å². The number of aryl methyl sites for hydroxylation is 2. The van der Waals surface area contributed by atoms with Crippen molar-refractivity contribution < 1.29 is 14.3 Å². The van der Waals surface area contributed by atoms with Gasteiger partial charge in [-0.3, -0.25) is 9.36 Å². The molecule has 0 saturated carbocycles. The largest absolute Gasteiger partial charge is 0.475 e. The Morgan fingerprint density at radius 1 is 1.14 bits per heavy atom. The van der Waals surface area contributed by atoms with E-state index in [1.165, 1.54) is 23.0 Å². The second-order valence-electron chi connectivity index (χ2n) is 6.72. The summed E-state index contributed by atoms with van der Waals surface area (Å²) in [7, 11) is 0. The van der Waals surface area contributed by atoms with Crippen LogP contribution >= 0.6 is 11.3 Å². The van der Waals surface area contributed by atoms with Gasteiger partial charge in [-0.1, -0.05) is 38.1 Å². The minimum atomic E-state index is -1.14. The lowest BCUT2D eigenvalue weighted by Gasteiger charge is -2.10. The summed E-state index contributed by atoms with van der Waals surface area (Å²) in [5.74, 6) is -0.231. The van der Waals surface area contributed by atoms with Gasteiger partial charge in [0.2, 0.25) is 5.76 Å². The fourth-order valence-corrected chi connectivity index (χ4v) is 4.32. The summed E-state index contributed by atoms with van der Waals surface area (Å²) in [5, 5.41) is 11.6. The molecule has 0 fully saturated rings. The van der Waals surface area contributed by atoms with Crippen molar-refractivity contribution in [2.75, 3.05) is 0 Å². The summed E-state index contributed by atoms with van der Waals surface area (Å²) in [6.45, 7) is 4.18. The second-order valence-corrected chi connectivity index (χ2v) is 7.58. The normalized spacial score (nSPS) is 11.2. The molecule has 0 amide bonds. The molecule has 0 atom stereocenters. The first-order valence-electron chi connectivity index (χ1n) is 9.44. The molecule has 6 nitrogen and oxygen atoms in total.